The predicted octanol–water partition coefficient (Wildman–Crippen LogP) is 0.707. The van der Waals surface area contributed by atoms with Crippen LogP contribution in [-0.2, 0) is 4.74 Å². The Morgan fingerprint density at radius 1 is 1.38 bits per heavy atom. The maximum absolute atomic E-state index is 5.50. The maximum atomic E-state index is 5.50. The minimum Gasteiger partial charge on any atom is -0.378 e. The number of rotatable bonds is 0. The summed E-state index contributed by atoms with van der Waals surface area (Å²) in [5, 5.41) is 3.39. The normalized spacial score (nSPS) is 34.4. The van der Waals surface area contributed by atoms with E-state index in [-0.39, 0.29) is 0 Å². The third-order valence-corrected chi connectivity index (χ3v) is 2.97. The summed E-state index contributed by atoms with van der Waals surface area (Å²) in [5.74, 6) is 0. The van der Waals surface area contributed by atoms with E-state index < -0.39 is 0 Å². The van der Waals surface area contributed by atoms with Crippen molar-refractivity contribution >= 4 is 0 Å². The van der Waals surface area contributed by atoms with Crippen molar-refractivity contribution in [2.24, 2.45) is 0 Å². The Morgan fingerprint density at radius 3 is 2.69 bits per heavy atom. The van der Waals surface area contributed by atoms with Gasteiger partial charge in [0.1, 0.15) is 0 Å². The molecule has 1 spiro atoms. The molecule has 0 radical (unpaired) electrons. The van der Waals surface area contributed by atoms with E-state index in [1.54, 1.807) is 0 Å². The highest BCUT2D eigenvalue weighted by atomic mass is 16.5. The van der Waals surface area contributed by atoms with E-state index in [4.69, 9.17) is 4.74 Å². The monoisotopic (exact) mass is 186 g/mol. The first-order valence-corrected chi connectivity index (χ1v) is 5.33. The Balaban J connectivity index is 0.000000396. The molecule has 3 heteroatoms. The lowest BCUT2D eigenvalue weighted by atomic mass is 9.97. The standard InChI is InChI=1S/C8H16N2O.C2H6/c1-10-4-5-11-7-8(10)2-3-9-6-8;1-2/h9H,2-7H2,1H3;1-2H3. The number of morpholine rings is 1. The summed E-state index contributed by atoms with van der Waals surface area (Å²) in [6.45, 7) is 9.15. The summed E-state index contributed by atoms with van der Waals surface area (Å²) >= 11 is 0. The Kier molecular flexibility index (Phi) is 4.16. The van der Waals surface area contributed by atoms with Gasteiger partial charge in [-0.25, -0.2) is 0 Å². The zero-order valence-electron chi connectivity index (χ0n) is 9.10. The molecule has 2 rings (SSSR count). The van der Waals surface area contributed by atoms with E-state index >= 15 is 0 Å². The fraction of sp³-hybridized carbons (Fsp3) is 1.00. The summed E-state index contributed by atoms with van der Waals surface area (Å²) < 4.78 is 5.50. The summed E-state index contributed by atoms with van der Waals surface area (Å²) in [6.07, 6.45) is 1.24. The average Bonchev–Trinajstić information content (AvgIpc) is 2.64. The summed E-state index contributed by atoms with van der Waals surface area (Å²) in [7, 11) is 2.20. The molecule has 2 heterocycles. The van der Waals surface area contributed by atoms with Crippen LogP contribution in [0.2, 0.25) is 0 Å². The number of nitrogens with one attached hydrogen (secondary N) is 1. The highest BCUT2D eigenvalue weighted by molar-refractivity contribution is 4.98. The van der Waals surface area contributed by atoms with E-state index in [1.807, 2.05) is 13.8 Å². The molecule has 78 valence electrons. The minimum absolute atomic E-state index is 0.332. The second kappa shape index (κ2) is 4.94. The van der Waals surface area contributed by atoms with Crippen LogP contribution in [0.4, 0.5) is 0 Å². The second-order valence-electron chi connectivity index (χ2n) is 3.63. The van der Waals surface area contributed by atoms with Crippen LogP contribution < -0.4 is 5.32 Å². The molecule has 0 aromatic heterocycles. The summed E-state index contributed by atoms with van der Waals surface area (Å²) in [6, 6.07) is 0. The van der Waals surface area contributed by atoms with Gasteiger partial charge in [-0.05, 0) is 20.0 Å². The van der Waals surface area contributed by atoms with Crippen LogP contribution in [0.3, 0.4) is 0 Å². The smallest absolute Gasteiger partial charge is 0.0663 e. The number of likely N-dealkylation sites (N-methyl/N-ethyl adjacent to an activating group) is 1. The third kappa shape index (κ3) is 2.22. The van der Waals surface area contributed by atoms with Gasteiger partial charge >= 0.3 is 0 Å². The highest BCUT2D eigenvalue weighted by Crippen LogP contribution is 2.24. The molecule has 0 amide bonds. The van der Waals surface area contributed by atoms with E-state index in [0.29, 0.717) is 5.54 Å². The zero-order valence-corrected chi connectivity index (χ0v) is 9.10. The first-order chi connectivity index (χ1) is 6.33. The predicted molar refractivity (Wildman–Crippen MR) is 55.0 cm³/mol. The Hall–Kier alpha value is -0.120. The molecule has 1 atom stereocenters. The van der Waals surface area contributed by atoms with Crippen LogP contribution in [0, 0.1) is 0 Å². The van der Waals surface area contributed by atoms with E-state index in [2.05, 4.69) is 17.3 Å². The van der Waals surface area contributed by atoms with Gasteiger partial charge in [-0.15, -0.1) is 0 Å². The van der Waals surface area contributed by atoms with Gasteiger partial charge in [0.05, 0.1) is 18.8 Å². The Bertz CT molecular complexity index is 144. The maximum Gasteiger partial charge on any atom is 0.0663 e. The number of hydrogen-bond donors (Lipinski definition) is 1. The molecule has 0 aromatic rings. The molecular weight excluding hydrogens is 164 g/mol. The fourth-order valence-electron chi connectivity index (χ4n) is 1.99. The van der Waals surface area contributed by atoms with Crippen LogP contribution in [0.1, 0.15) is 20.3 Å². The van der Waals surface area contributed by atoms with Gasteiger partial charge in [-0.1, -0.05) is 13.8 Å². The quantitative estimate of drug-likeness (QED) is 0.603. The molecule has 0 aromatic carbocycles. The lowest BCUT2D eigenvalue weighted by Crippen LogP contribution is -2.56. The van der Waals surface area contributed by atoms with Crippen molar-refractivity contribution in [2.75, 3.05) is 39.9 Å². The molecule has 2 saturated heterocycles. The Morgan fingerprint density at radius 2 is 2.15 bits per heavy atom. The van der Waals surface area contributed by atoms with Crippen LogP contribution in [0.25, 0.3) is 0 Å². The zero-order chi connectivity index (χ0) is 9.73. The van der Waals surface area contributed by atoms with Gasteiger partial charge < -0.3 is 10.1 Å². The summed E-state index contributed by atoms with van der Waals surface area (Å²) in [5.41, 5.74) is 0.332. The number of nitrogens with zero attached hydrogens (tertiary/aromatic N) is 1. The lowest BCUT2D eigenvalue weighted by Gasteiger charge is -2.41. The van der Waals surface area contributed by atoms with Gasteiger partial charge in [-0.3, -0.25) is 4.90 Å². The topological polar surface area (TPSA) is 24.5 Å². The molecule has 0 aliphatic carbocycles. The molecule has 2 aliphatic heterocycles. The molecule has 3 nitrogen and oxygen atoms in total. The second-order valence-corrected chi connectivity index (χ2v) is 3.63. The van der Waals surface area contributed by atoms with Crippen molar-refractivity contribution in [1.29, 1.82) is 0 Å². The van der Waals surface area contributed by atoms with E-state index in [9.17, 15) is 0 Å². The molecular formula is C10H22N2O. The fourth-order valence-corrected chi connectivity index (χ4v) is 1.99. The van der Waals surface area contributed by atoms with Gasteiger partial charge in [0.2, 0.25) is 0 Å². The summed E-state index contributed by atoms with van der Waals surface area (Å²) in [4.78, 5) is 2.44. The molecule has 0 bridgehead atoms. The Labute approximate surface area is 81.4 Å². The van der Waals surface area contributed by atoms with Crippen molar-refractivity contribution < 1.29 is 4.74 Å². The van der Waals surface area contributed by atoms with Crippen molar-refractivity contribution in [1.82, 2.24) is 10.2 Å². The van der Waals surface area contributed by atoms with E-state index in [1.165, 1.54) is 6.42 Å². The minimum atomic E-state index is 0.332. The molecule has 1 N–H and O–H groups in total. The SMILES string of the molecule is CC.CN1CCOCC12CCNC2. The van der Waals surface area contributed by atoms with Crippen LogP contribution in [0.15, 0.2) is 0 Å². The van der Waals surface area contributed by atoms with Crippen molar-refractivity contribution in [3.05, 3.63) is 0 Å². The van der Waals surface area contributed by atoms with Crippen LogP contribution >= 0.6 is 0 Å². The molecule has 1 unspecified atom stereocenters. The molecule has 13 heavy (non-hydrogen) atoms. The number of ether oxygens (including phenoxy) is 1. The van der Waals surface area contributed by atoms with Crippen molar-refractivity contribution in [3.8, 4) is 0 Å². The van der Waals surface area contributed by atoms with Gasteiger partial charge in [0, 0.05) is 13.1 Å². The van der Waals surface area contributed by atoms with Gasteiger partial charge in [-0.2, -0.15) is 0 Å². The highest BCUT2D eigenvalue weighted by Gasteiger charge is 2.39. The van der Waals surface area contributed by atoms with Crippen molar-refractivity contribution in [2.45, 2.75) is 25.8 Å². The van der Waals surface area contributed by atoms with E-state index in [0.717, 1.165) is 32.8 Å². The number of hydrogen-bond acceptors (Lipinski definition) is 3. The van der Waals surface area contributed by atoms with Crippen LogP contribution in [-0.4, -0.2) is 50.3 Å². The van der Waals surface area contributed by atoms with Crippen LogP contribution in [0.5, 0.6) is 0 Å². The first-order valence-electron chi connectivity index (χ1n) is 5.33. The first kappa shape index (κ1) is 11.0. The third-order valence-electron chi connectivity index (χ3n) is 2.97. The lowest BCUT2D eigenvalue weighted by molar-refractivity contribution is -0.0456. The molecule has 2 fully saturated rings. The van der Waals surface area contributed by atoms with Crippen molar-refractivity contribution in [3.63, 3.8) is 0 Å². The van der Waals surface area contributed by atoms with Gasteiger partial charge in [0.15, 0.2) is 0 Å². The van der Waals surface area contributed by atoms with Gasteiger partial charge in [0.25, 0.3) is 0 Å². The largest absolute Gasteiger partial charge is 0.378 e. The molecule has 0 saturated carbocycles. The average molecular weight is 186 g/mol. The molecule has 2 aliphatic rings.